The molecule has 1 aromatic carbocycles. The van der Waals surface area contributed by atoms with Crippen LogP contribution in [0.5, 0.6) is 5.75 Å². The van der Waals surface area contributed by atoms with Crippen molar-refractivity contribution in [1.82, 2.24) is 15.6 Å². The van der Waals surface area contributed by atoms with E-state index in [0.717, 1.165) is 22.6 Å². The minimum Gasteiger partial charge on any atom is -0.496 e. The van der Waals surface area contributed by atoms with Crippen molar-refractivity contribution in [3.8, 4) is 5.75 Å². The van der Waals surface area contributed by atoms with Gasteiger partial charge in [0.25, 0.3) is 0 Å². The third-order valence-corrected chi connectivity index (χ3v) is 3.88. The first kappa shape index (κ1) is 22.1. The molecule has 142 valence electrons. The quantitative estimate of drug-likeness (QED) is 0.383. The highest BCUT2D eigenvalue weighted by Gasteiger charge is 2.10. The highest BCUT2D eigenvalue weighted by molar-refractivity contribution is 14.0. The molecule has 0 amide bonds. The van der Waals surface area contributed by atoms with Gasteiger partial charge in [0.05, 0.1) is 25.9 Å². The van der Waals surface area contributed by atoms with Crippen molar-refractivity contribution in [2.45, 2.75) is 33.9 Å². The van der Waals surface area contributed by atoms with Gasteiger partial charge in [0.15, 0.2) is 5.96 Å². The lowest BCUT2D eigenvalue weighted by atomic mass is 10.1. The summed E-state index contributed by atoms with van der Waals surface area (Å²) in [6.45, 7) is 7.43. The Morgan fingerprint density at radius 2 is 1.96 bits per heavy atom. The van der Waals surface area contributed by atoms with Gasteiger partial charge in [-0.15, -0.1) is 24.0 Å². The summed E-state index contributed by atoms with van der Waals surface area (Å²) in [5.74, 6) is 1.22. The van der Waals surface area contributed by atoms with Gasteiger partial charge in [0.2, 0.25) is 0 Å². The van der Waals surface area contributed by atoms with Gasteiger partial charge in [-0.1, -0.05) is 18.2 Å². The van der Waals surface area contributed by atoms with Gasteiger partial charge in [-0.05, 0) is 26.8 Å². The number of aromatic nitrogens is 1. The fourth-order valence-electron chi connectivity index (χ4n) is 2.55. The summed E-state index contributed by atoms with van der Waals surface area (Å²) in [7, 11) is 1.66. The van der Waals surface area contributed by atoms with Crippen molar-refractivity contribution in [1.29, 1.82) is 0 Å². The Bertz CT molecular complexity index is 752. The van der Waals surface area contributed by atoms with Crippen LogP contribution in [0.4, 0.5) is 4.39 Å². The Balaban J connectivity index is 0.00000338. The van der Waals surface area contributed by atoms with Crippen LogP contribution >= 0.6 is 24.0 Å². The lowest BCUT2D eigenvalue weighted by Gasteiger charge is -2.15. The van der Waals surface area contributed by atoms with Crippen molar-refractivity contribution in [3.63, 3.8) is 0 Å². The second-order valence-corrected chi connectivity index (χ2v) is 5.69. The topological polar surface area (TPSA) is 58.5 Å². The first-order chi connectivity index (χ1) is 12.1. The van der Waals surface area contributed by atoms with E-state index < -0.39 is 0 Å². The normalized spacial score (nSPS) is 10.9. The third-order valence-electron chi connectivity index (χ3n) is 3.88. The number of benzene rings is 1. The molecule has 0 radical (unpaired) electrons. The molecule has 2 aromatic rings. The van der Waals surface area contributed by atoms with E-state index in [1.165, 1.54) is 6.07 Å². The minimum absolute atomic E-state index is 0. The number of nitrogens with one attached hydrogen (secondary N) is 2. The molecule has 5 nitrogen and oxygen atoms in total. The first-order valence-corrected chi connectivity index (χ1v) is 8.31. The van der Waals surface area contributed by atoms with Crippen LogP contribution in [0.3, 0.4) is 0 Å². The predicted molar refractivity (Wildman–Crippen MR) is 114 cm³/mol. The van der Waals surface area contributed by atoms with Crippen LogP contribution in [0.1, 0.15) is 29.3 Å². The number of pyridine rings is 1. The van der Waals surface area contributed by atoms with Crippen molar-refractivity contribution >= 4 is 29.9 Å². The van der Waals surface area contributed by atoms with E-state index in [2.05, 4.69) is 20.6 Å². The Morgan fingerprint density at radius 1 is 1.23 bits per heavy atom. The van der Waals surface area contributed by atoms with Crippen LogP contribution < -0.4 is 15.4 Å². The molecule has 1 aromatic heterocycles. The Kier molecular flexibility index (Phi) is 9.32. The summed E-state index contributed by atoms with van der Waals surface area (Å²) in [4.78, 5) is 8.91. The van der Waals surface area contributed by atoms with Gasteiger partial charge in [-0.3, -0.25) is 4.98 Å². The van der Waals surface area contributed by atoms with Gasteiger partial charge in [-0.2, -0.15) is 0 Å². The Labute approximate surface area is 171 Å². The van der Waals surface area contributed by atoms with E-state index in [9.17, 15) is 4.39 Å². The maximum atomic E-state index is 13.7. The molecule has 0 aliphatic carbocycles. The van der Waals surface area contributed by atoms with Crippen molar-refractivity contribution in [2.24, 2.45) is 4.99 Å². The van der Waals surface area contributed by atoms with Gasteiger partial charge in [0.1, 0.15) is 11.6 Å². The second-order valence-electron chi connectivity index (χ2n) is 5.69. The molecular formula is C19H26FIN4O. The van der Waals surface area contributed by atoms with Gasteiger partial charge >= 0.3 is 0 Å². The van der Waals surface area contributed by atoms with Crippen molar-refractivity contribution < 1.29 is 9.13 Å². The molecule has 0 saturated carbocycles. The molecule has 7 heteroatoms. The van der Waals surface area contributed by atoms with E-state index >= 15 is 0 Å². The molecule has 26 heavy (non-hydrogen) atoms. The summed E-state index contributed by atoms with van der Waals surface area (Å²) in [5.41, 5.74) is 3.45. The molecule has 0 aliphatic rings. The van der Waals surface area contributed by atoms with Crippen LogP contribution in [-0.2, 0) is 13.1 Å². The molecule has 2 N–H and O–H groups in total. The average Bonchev–Trinajstić information content (AvgIpc) is 2.60. The van der Waals surface area contributed by atoms with Gasteiger partial charge in [-0.25, -0.2) is 9.38 Å². The van der Waals surface area contributed by atoms with E-state index in [0.29, 0.717) is 24.6 Å². The Morgan fingerprint density at radius 3 is 2.62 bits per heavy atom. The maximum absolute atomic E-state index is 13.7. The van der Waals surface area contributed by atoms with E-state index in [1.807, 2.05) is 20.8 Å². The molecule has 2 rings (SSSR count). The highest BCUT2D eigenvalue weighted by atomic mass is 127. The molecule has 0 bridgehead atoms. The van der Waals surface area contributed by atoms with Crippen LogP contribution in [-0.4, -0.2) is 24.6 Å². The van der Waals surface area contributed by atoms with Crippen LogP contribution in [0.2, 0.25) is 0 Å². The lowest BCUT2D eigenvalue weighted by Crippen LogP contribution is -2.37. The fourth-order valence-corrected chi connectivity index (χ4v) is 2.55. The number of halogens is 2. The first-order valence-electron chi connectivity index (χ1n) is 8.31. The highest BCUT2D eigenvalue weighted by Crippen LogP contribution is 2.23. The summed E-state index contributed by atoms with van der Waals surface area (Å²) in [5, 5.41) is 6.40. The molecule has 0 spiro atoms. The molecule has 0 unspecified atom stereocenters. The van der Waals surface area contributed by atoms with E-state index in [-0.39, 0.29) is 36.3 Å². The summed E-state index contributed by atoms with van der Waals surface area (Å²) in [6, 6.07) is 6.65. The van der Waals surface area contributed by atoms with Crippen LogP contribution in [0.25, 0.3) is 0 Å². The number of hydrogen-bond donors (Lipinski definition) is 2. The van der Waals surface area contributed by atoms with Gasteiger partial charge < -0.3 is 15.4 Å². The summed E-state index contributed by atoms with van der Waals surface area (Å²) >= 11 is 0. The summed E-state index contributed by atoms with van der Waals surface area (Å²) < 4.78 is 19.2. The molecular weight excluding hydrogens is 446 g/mol. The third kappa shape index (κ3) is 5.82. The molecule has 0 saturated heterocycles. The van der Waals surface area contributed by atoms with E-state index in [1.54, 1.807) is 31.5 Å². The number of nitrogens with zero attached hydrogens (tertiary/aromatic N) is 2. The monoisotopic (exact) mass is 472 g/mol. The number of aryl methyl sites for hydroxylation is 1. The standard InChI is InChI=1S/C19H25FN4O.HI/c1-5-21-19(23-11-15-8-6-7-9-16(15)20)24-12-17-14(3)18(25-4)13(2)10-22-17;/h6-10H,5,11-12H2,1-4H3,(H2,21,23,24);1H. The number of methoxy groups -OCH3 is 1. The van der Waals surface area contributed by atoms with Crippen molar-refractivity contribution in [3.05, 3.63) is 58.7 Å². The van der Waals surface area contributed by atoms with Gasteiger partial charge in [0, 0.05) is 29.4 Å². The largest absolute Gasteiger partial charge is 0.496 e. The average molecular weight is 472 g/mol. The zero-order valence-corrected chi connectivity index (χ0v) is 17.9. The summed E-state index contributed by atoms with van der Waals surface area (Å²) in [6.07, 6.45) is 1.80. The number of ether oxygens (including phenoxy) is 1. The zero-order chi connectivity index (χ0) is 18.2. The Hall–Kier alpha value is -1.90. The zero-order valence-electron chi connectivity index (χ0n) is 15.6. The number of aliphatic imine (C=N–C) groups is 1. The SMILES string of the molecule is CCNC(=NCc1ccccc1F)NCc1ncc(C)c(OC)c1C.I. The fraction of sp³-hybridized carbons (Fsp3) is 0.368. The van der Waals surface area contributed by atoms with E-state index in [4.69, 9.17) is 4.74 Å². The minimum atomic E-state index is -0.247. The predicted octanol–water partition coefficient (Wildman–Crippen LogP) is 3.72. The number of guanidine groups is 1. The molecule has 0 fully saturated rings. The number of rotatable bonds is 6. The molecule has 0 aliphatic heterocycles. The number of hydrogen-bond acceptors (Lipinski definition) is 3. The molecule has 0 atom stereocenters. The lowest BCUT2D eigenvalue weighted by molar-refractivity contribution is 0.406. The van der Waals surface area contributed by atoms with Crippen LogP contribution in [0.15, 0.2) is 35.5 Å². The maximum Gasteiger partial charge on any atom is 0.191 e. The molecule has 1 heterocycles. The van der Waals surface area contributed by atoms with Crippen molar-refractivity contribution in [2.75, 3.05) is 13.7 Å². The van der Waals surface area contributed by atoms with Crippen LogP contribution in [0, 0.1) is 19.7 Å². The second kappa shape index (κ2) is 10.9. The smallest absolute Gasteiger partial charge is 0.191 e.